The third-order valence-electron chi connectivity index (χ3n) is 4.22. The third kappa shape index (κ3) is 4.47. The Kier molecular flexibility index (Phi) is 5.33. The lowest BCUT2D eigenvalue weighted by atomic mass is 10.1. The van der Waals surface area contributed by atoms with Crippen molar-refractivity contribution in [1.82, 2.24) is 10.3 Å². The second-order valence-electron chi connectivity index (χ2n) is 6.39. The van der Waals surface area contributed by atoms with Crippen molar-refractivity contribution in [3.63, 3.8) is 0 Å². The van der Waals surface area contributed by atoms with Gasteiger partial charge in [0.1, 0.15) is 5.58 Å². The minimum absolute atomic E-state index is 0.0680. The summed E-state index contributed by atoms with van der Waals surface area (Å²) in [7, 11) is 0. The SMILES string of the molecule is CC(=O)NCc1ccc(-c2csc(NC(=O)c3cc4cc(Cl)ccc4o3)n2)cc1. The van der Waals surface area contributed by atoms with Crippen LogP contribution >= 0.6 is 22.9 Å². The minimum Gasteiger partial charge on any atom is -0.451 e. The molecule has 0 aliphatic heterocycles. The van der Waals surface area contributed by atoms with Crippen molar-refractivity contribution in [3.8, 4) is 11.3 Å². The Morgan fingerprint density at radius 1 is 1.14 bits per heavy atom. The molecule has 0 radical (unpaired) electrons. The van der Waals surface area contributed by atoms with Gasteiger partial charge in [0.2, 0.25) is 5.91 Å². The molecule has 4 aromatic rings. The number of carbonyl (C=O) groups is 2. The molecular formula is C21H16ClN3O3S. The van der Waals surface area contributed by atoms with E-state index in [1.54, 1.807) is 24.3 Å². The van der Waals surface area contributed by atoms with E-state index in [2.05, 4.69) is 15.6 Å². The highest BCUT2D eigenvalue weighted by Gasteiger charge is 2.15. The Balaban J connectivity index is 1.45. The van der Waals surface area contributed by atoms with Crippen LogP contribution in [0.2, 0.25) is 5.02 Å². The molecule has 4 rings (SSSR count). The molecule has 29 heavy (non-hydrogen) atoms. The average Bonchev–Trinajstić information content (AvgIpc) is 3.33. The summed E-state index contributed by atoms with van der Waals surface area (Å²) in [4.78, 5) is 28.0. The number of benzene rings is 2. The van der Waals surface area contributed by atoms with Crippen LogP contribution in [-0.2, 0) is 11.3 Å². The number of furan rings is 1. The Hall–Kier alpha value is -3.16. The van der Waals surface area contributed by atoms with E-state index < -0.39 is 0 Å². The molecule has 0 spiro atoms. The quantitative estimate of drug-likeness (QED) is 0.466. The number of rotatable bonds is 5. The van der Waals surface area contributed by atoms with Crippen molar-refractivity contribution in [3.05, 3.63) is 70.3 Å². The fourth-order valence-corrected chi connectivity index (χ4v) is 3.66. The zero-order valence-corrected chi connectivity index (χ0v) is 16.9. The third-order valence-corrected chi connectivity index (χ3v) is 5.21. The molecule has 0 bridgehead atoms. The second-order valence-corrected chi connectivity index (χ2v) is 7.69. The largest absolute Gasteiger partial charge is 0.451 e. The molecule has 146 valence electrons. The van der Waals surface area contributed by atoms with Gasteiger partial charge in [-0.1, -0.05) is 35.9 Å². The maximum absolute atomic E-state index is 12.5. The summed E-state index contributed by atoms with van der Waals surface area (Å²) < 4.78 is 5.58. The molecule has 8 heteroatoms. The van der Waals surface area contributed by atoms with Crippen molar-refractivity contribution >= 4 is 50.9 Å². The van der Waals surface area contributed by atoms with Gasteiger partial charge in [-0.05, 0) is 29.8 Å². The van der Waals surface area contributed by atoms with E-state index in [1.165, 1.54) is 18.3 Å². The van der Waals surface area contributed by atoms with Crippen molar-refractivity contribution in [2.24, 2.45) is 0 Å². The molecule has 2 aromatic heterocycles. The highest BCUT2D eigenvalue weighted by molar-refractivity contribution is 7.14. The van der Waals surface area contributed by atoms with Gasteiger partial charge < -0.3 is 9.73 Å². The number of fused-ring (bicyclic) bond motifs is 1. The van der Waals surface area contributed by atoms with Gasteiger partial charge in [-0.2, -0.15) is 0 Å². The van der Waals surface area contributed by atoms with E-state index in [4.69, 9.17) is 16.0 Å². The molecule has 0 fully saturated rings. The average molecular weight is 426 g/mol. The van der Waals surface area contributed by atoms with Crippen LogP contribution in [0.15, 0.2) is 58.3 Å². The lowest BCUT2D eigenvalue weighted by Gasteiger charge is -2.03. The van der Waals surface area contributed by atoms with E-state index in [0.717, 1.165) is 22.2 Å². The van der Waals surface area contributed by atoms with Crippen molar-refractivity contribution in [2.45, 2.75) is 13.5 Å². The molecule has 2 aromatic carbocycles. The van der Waals surface area contributed by atoms with Gasteiger partial charge in [-0.25, -0.2) is 4.98 Å². The van der Waals surface area contributed by atoms with E-state index in [0.29, 0.717) is 22.3 Å². The van der Waals surface area contributed by atoms with Crippen molar-refractivity contribution < 1.29 is 14.0 Å². The summed E-state index contributed by atoms with van der Waals surface area (Å²) >= 11 is 7.30. The molecule has 0 aliphatic rings. The van der Waals surface area contributed by atoms with E-state index in [9.17, 15) is 9.59 Å². The first kappa shape index (κ1) is 19.2. The van der Waals surface area contributed by atoms with Crippen molar-refractivity contribution in [2.75, 3.05) is 5.32 Å². The van der Waals surface area contributed by atoms with Gasteiger partial charge in [-0.3, -0.25) is 14.9 Å². The van der Waals surface area contributed by atoms with Gasteiger partial charge >= 0.3 is 0 Å². The normalized spacial score (nSPS) is 10.8. The standard InChI is InChI=1S/C21H16ClN3O3S/c1-12(26)23-10-13-2-4-14(5-3-13)17-11-29-21(24-17)25-20(27)19-9-15-8-16(22)6-7-18(15)28-19/h2-9,11H,10H2,1H3,(H,23,26)(H,24,25,27). The first-order valence-corrected chi connectivity index (χ1v) is 10.0. The smallest absolute Gasteiger partial charge is 0.293 e. The Bertz CT molecular complexity index is 1200. The van der Waals surface area contributed by atoms with Crippen LogP contribution in [0.25, 0.3) is 22.2 Å². The fraction of sp³-hybridized carbons (Fsp3) is 0.0952. The van der Waals surface area contributed by atoms with Crippen LogP contribution in [0, 0.1) is 0 Å². The van der Waals surface area contributed by atoms with Gasteiger partial charge in [0.05, 0.1) is 5.69 Å². The Morgan fingerprint density at radius 3 is 2.69 bits per heavy atom. The van der Waals surface area contributed by atoms with Crippen LogP contribution < -0.4 is 10.6 Å². The molecule has 2 heterocycles. The van der Waals surface area contributed by atoms with Gasteiger partial charge in [0.25, 0.3) is 5.91 Å². The lowest BCUT2D eigenvalue weighted by molar-refractivity contribution is -0.119. The van der Waals surface area contributed by atoms with Crippen molar-refractivity contribution in [1.29, 1.82) is 0 Å². The van der Waals surface area contributed by atoms with E-state index >= 15 is 0 Å². The van der Waals surface area contributed by atoms with Gasteiger partial charge in [-0.15, -0.1) is 11.3 Å². The monoisotopic (exact) mass is 425 g/mol. The molecule has 0 saturated heterocycles. The van der Waals surface area contributed by atoms with E-state index in [-0.39, 0.29) is 17.6 Å². The predicted octanol–water partition coefficient (Wildman–Crippen LogP) is 5.10. The molecular weight excluding hydrogens is 410 g/mol. The first-order valence-electron chi connectivity index (χ1n) is 8.78. The number of halogens is 1. The number of amides is 2. The van der Waals surface area contributed by atoms with E-state index in [1.807, 2.05) is 29.6 Å². The number of carbonyl (C=O) groups excluding carboxylic acids is 2. The van der Waals surface area contributed by atoms with Crippen LogP contribution in [0.4, 0.5) is 5.13 Å². The van der Waals surface area contributed by atoms with Crippen LogP contribution in [0.3, 0.4) is 0 Å². The molecule has 0 aliphatic carbocycles. The zero-order chi connectivity index (χ0) is 20.4. The van der Waals surface area contributed by atoms with Crippen LogP contribution in [0.1, 0.15) is 23.0 Å². The molecule has 2 N–H and O–H groups in total. The summed E-state index contributed by atoms with van der Waals surface area (Å²) in [6.45, 7) is 1.97. The molecule has 0 saturated carbocycles. The predicted molar refractivity (Wildman–Crippen MR) is 114 cm³/mol. The fourth-order valence-electron chi connectivity index (χ4n) is 2.77. The van der Waals surface area contributed by atoms with Gasteiger partial charge in [0, 0.05) is 34.8 Å². The topological polar surface area (TPSA) is 84.2 Å². The molecule has 0 atom stereocenters. The number of nitrogens with one attached hydrogen (secondary N) is 2. The highest BCUT2D eigenvalue weighted by atomic mass is 35.5. The second kappa shape index (κ2) is 8.06. The Labute approximate surface area is 175 Å². The Morgan fingerprint density at radius 2 is 1.93 bits per heavy atom. The molecule has 6 nitrogen and oxygen atoms in total. The summed E-state index contributed by atoms with van der Waals surface area (Å²) in [5.74, 6) is -0.244. The lowest BCUT2D eigenvalue weighted by Crippen LogP contribution is -2.18. The number of thiazole rings is 1. The number of anilines is 1. The highest BCUT2D eigenvalue weighted by Crippen LogP contribution is 2.27. The van der Waals surface area contributed by atoms with Crippen LogP contribution in [0.5, 0.6) is 0 Å². The zero-order valence-electron chi connectivity index (χ0n) is 15.4. The summed E-state index contributed by atoms with van der Waals surface area (Å²) in [6.07, 6.45) is 0. The summed E-state index contributed by atoms with van der Waals surface area (Å²) in [6, 6.07) is 14.6. The molecule has 2 amide bonds. The first-order chi connectivity index (χ1) is 14.0. The minimum atomic E-state index is -0.371. The summed E-state index contributed by atoms with van der Waals surface area (Å²) in [5.41, 5.74) is 3.27. The summed E-state index contributed by atoms with van der Waals surface area (Å²) in [5, 5.41) is 9.22. The number of nitrogens with zero attached hydrogens (tertiary/aromatic N) is 1. The van der Waals surface area contributed by atoms with Crippen LogP contribution in [-0.4, -0.2) is 16.8 Å². The maximum Gasteiger partial charge on any atom is 0.293 e. The number of hydrogen-bond acceptors (Lipinski definition) is 5. The van der Waals surface area contributed by atoms with Gasteiger partial charge in [0.15, 0.2) is 10.9 Å². The number of hydrogen-bond donors (Lipinski definition) is 2. The molecule has 0 unspecified atom stereocenters. The number of aromatic nitrogens is 1. The maximum atomic E-state index is 12.5.